The van der Waals surface area contributed by atoms with Crippen LogP contribution in [0.25, 0.3) is 16.9 Å². The molecule has 2 aromatic heterocycles. The number of fused-ring (bicyclic) bond motifs is 2. The largest absolute Gasteiger partial charge is 0.493 e. The molecule has 94 valence electrons. The van der Waals surface area contributed by atoms with E-state index in [-0.39, 0.29) is 0 Å². The van der Waals surface area contributed by atoms with Crippen molar-refractivity contribution in [2.45, 2.75) is 6.42 Å². The molecule has 0 spiro atoms. The van der Waals surface area contributed by atoms with Crippen molar-refractivity contribution in [3.05, 3.63) is 46.7 Å². The van der Waals surface area contributed by atoms with Gasteiger partial charge in [0.05, 0.1) is 18.5 Å². The Balaban J connectivity index is 1.87. The van der Waals surface area contributed by atoms with Crippen molar-refractivity contribution in [2.24, 2.45) is 0 Å². The van der Waals surface area contributed by atoms with Crippen LogP contribution in [0.4, 0.5) is 0 Å². The zero-order chi connectivity index (χ0) is 12.8. The minimum Gasteiger partial charge on any atom is -0.493 e. The molecule has 0 amide bonds. The summed E-state index contributed by atoms with van der Waals surface area (Å²) in [5, 5.41) is 4.60. The van der Waals surface area contributed by atoms with Crippen LogP contribution in [0, 0.1) is 0 Å². The monoisotopic (exact) mass is 315 g/mol. The molecular formula is C14H10BrN3O. The summed E-state index contributed by atoms with van der Waals surface area (Å²) in [5.41, 5.74) is 4.12. The smallest absolute Gasteiger partial charge is 0.154 e. The molecule has 1 aromatic carbocycles. The van der Waals surface area contributed by atoms with E-state index in [4.69, 9.17) is 4.74 Å². The molecule has 0 saturated carbocycles. The van der Waals surface area contributed by atoms with E-state index in [0.29, 0.717) is 0 Å². The van der Waals surface area contributed by atoms with Gasteiger partial charge in [-0.2, -0.15) is 5.10 Å². The van der Waals surface area contributed by atoms with Crippen LogP contribution in [0.15, 0.2) is 41.1 Å². The molecule has 3 aromatic rings. The Morgan fingerprint density at radius 1 is 1.21 bits per heavy atom. The minimum atomic E-state index is 0.776. The van der Waals surface area contributed by atoms with Gasteiger partial charge in [0.2, 0.25) is 0 Å². The van der Waals surface area contributed by atoms with E-state index < -0.39 is 0 Å². The van der Waals surface area contributed by atoms with Crippen LogP contribution in [0.2, 0.25) is 0 Å². The highest BCUT2D eigenvalue weighted by atomic mass is 79.9. The van der Waals surface area contributed by atoms with Gasteiger partial charge in [-0.05, 0) is 51.8 Å². The molecule has 4 nitrogen and oxygen atoms in total. The summed E-state index contributed by atoms with van der Waals surface area (Å²) in [5.74, 6) is 0.994. The molecule has 19 heavy (non-hydrogen) atoms. The second-order valence-electron chi connectivity index (χ2n) is 4.49. The maximum atomic E-state index is 5.52. The summed E-state index contributed by atoms with van der Waals surface area (Å²) in [6.45, 7) is 0.776. The molecule has 0 atom stereocenters. The Labute approximate surface area is 118 Å². The molecular weight excluding hydrogens is 306 g/mol. The van der Waals surface area contributed by atoms with E-state index in [0.717, 1.165) is 40.3 Å². The van der Waals surface area contributed by atoms with E-state index in [1.165, 1.54) is 5.56 Å². The number of rotatable bonds is 1. The van der Waals surface area contributed by atoms with E-state index in [9.17, 15) is 0 Å². The van der Waals surface area contributed by atoms with Gasteiger partial charge in [0, 0.05) is 12.0 Å². The fraction of sp³-hybridized carbons (Fsp3) is 0.143. The Kier molecular flexibility index (Phi) is 2.35. The zero-order valence-corrected chi connectivity index (χ0v) is 11.6. The van der Waals surface area contributed by atoms with Gasteiger partial charge in [-0.1, -0.05) is 0 Å². The van der Waals surface area contributed by atoms with Gasteiger partial charge < -0.3 is 4.74 Å². The molecule has 1 aliphatic heterocycles. The van der Waals surface area contributed by atoms with Crippen LogP contribution in [-0.2, 0) is 6.42 Å². The number of benzene rings is 1. The fourth-order valence-corrected chi connectivity index (χ4v) is 2.71. The number of hydrogen-bond donors (Lipinski definition) is 0. The summed E-state index contributed by atoms with van der Waals surface area (Å²) in [6, 6.07) is 10.2. The molecule has 0 aliphatic carbocycles. The molecule has 0 saturated heterocycles. The topological polar surface area (TPSA) is 39.4 Å². The van der Waals surface area contributed by atoms with Crippen molar-refractivity contribution >= 4 is 21.6 Å². The molecule has 3 heterocycles. The normalized spacial score (nSPS) is 13.5. The maximum absolute atomic E-state index is 5.52. The van der Waals surface area contributed by atoms with E-state index in [2.05, 4.69) is 32.1 Å². The number of hydrogen-bond acceptors (Lipinski definition) is 3. The second-order valence-corrected chi connectivity index (χ2v) is 5.30. The van der Waals surface area contributed by atoms with E-state index in [1.807, 2.05) is 24.3 Å². The molecule has 0 unspecified atom stereocenters. The number of imidazole rings is 1. The quantitative estimate of drug-likeness (QED) is 0.692. The molecule has 0 N–H and O–H groups in total. The molecule has 4 rings (SSSR count). The summed E-state index contributed by atoms with van der Waals surface area (Å²) >= 11 is 3.44. The number of aromatic nitrogens is 3. The first-order chi connectivity index (χ1) is 9.31. The van der Waals surface area contributed by atoms with Crippen molar-refractivity contribution in [3.63, 3.8) is 0 Å². The lowest BCUT2D eigenvalue weighted by Gasteiger charge is -2.04. The highest BCUT2D eigenvalue weighted by molar-refractivity contribution is 9.10. The van der Waals surface area contributed by atoms with Crippen LogP contribution in [-0.4, -0.2) is 21.2 Å². The average molecular weight is 316 g/mol. The number of nitrogens with zero attached hydrogens (tertiary/aromatic N) is 3. The van der Waals surface area contributed by atoms with Crippen LogP contribution >= 0.6 is 15.9 Å². The van der Waals surface area contributed by atoms with Crippen LogP contribution < -0.4 is 4.74 Å². The van der Waals surface area contributed by atoms with Gasteiger partial charge in [0.1, 0.15) is 10.4 Å². The standard InChI is InChI=1S/C14H10BrN3O/c15-13-8-16-14-4-2-11(17-18(13)14)9-1-3-12-10(7-9)5-6-19-12/h1-4,7-8H,5-6H2. The fourth-order valence-electron chi connectivity index (χ4n) is 2.35. The van der Waals surface area contributed by atoms with Crippen LogP contribution in [0.1, 0.15) is 5.56 Å². The summed E-state index contributed by atoms with van der Waals surface area (Å²) in [6.07, 6.45) is 2.73. The van der Waals surface area contributed by atoms with E-state index >= 15 is 0 Å². The predicted octanol–water partition coefficient (Wildman–Crippen LogP) is 3.09. The lowest BCUT2D eigenvalue weighted by molar-refractivity contribution is 0.357. The van der Waals surface area contributed by atoms with Crippen molar-refractivity contribution in [1.29, 1.82) is 0 Å². The Morgan fingerprint density at radius 3 is 3.11 bits per heavy atom. The Bertz CT molecular complexity index is 781. The minimum absolute atomic E-state index is 0.776. The van der Waals surface area contributed by atoms with Crippen LogP contribution in [0.3, 0.4) is 0 Å². The first-order valence-corrected chi connectivity index (χ1v) is 6.87. The Morgan fingerprint density at radius 2 is 2.16 bits per heavy atom. The second kappa shape index (κ2) is 4.06. The van der Waals surface area contributed by atoms with Gasteiger partial charge in [0.15, 0.2) is 5.65 Å². The zero-order valence-electron chi connectivity index (χ0n) is 10.0. The molecule has 5 heteroatoms. The summed E-state index contributed by atoms with van der Waals surface area (Å²) in [7, 11) is 0. The average Bonchev–Trinajstić information content (AvgIpc) is 3.05. The van der Waals surface area contributed by atoms with Crippen molar-refractivity contribution in [2.75, 3.05) is 6.61 Å². The number of halogens is 1. The van der Waals surface area contributed by atoms with E-state index in [1.54, 1.807) is 10.7 Å². The molecule has 0 fully saturated rings. The van der Waals surface area contributed by atoms with Crippen LogP contribution in [0.5, 0.6) is 5.75 Å². The number of ether oxygens (including phenoxy) is 1. The molecule has 1 aliphatic rings. The lowest BCUT2D eigenvalue weighted by Crippen LogP contribution is -1.94. The van der Waals surface area contributed by atoms with Gasteiger partial charge >= 0.3 is 0 Å². The highest BCUT2D eigenvalue weighted by Gasteiger charge is 2.13. The Hall–Kier alpha value is -1.88. The maximum Gasteiger partial charge on any atom is 0.154 e. The van der Waals surface area contributed by atoms with Gasteiger partial charge in [-0.15, -0.1) is 0 Å². The van der Waals surface area contributed by atoms with Crippen molar-refractivity contribution in [1.82, 2.24) is 14.6 Å². The third-order valence-electron chi connectivity index (χ3n) is 3.31. The first kappa shape index (κ1) is 11.0. The van der Waals surface area contributed by atoms with Crippen molar-refractivity contribution in [3.8, 4) is 17.0 Å². The summed E-state index contributed by atoms with van der Waals surface area (Å²) < 4.78 is 8.17. The van der Waals surface area contributed by atoms with Gasteiger partial charge in [-0.25, -0.2) is 9.50 Å². The third kappa shape index (κ3) is 1.73. The lowest BCUT2D eigenvalue weighted by atomic mass is 10.1. The summed E-state index contributed by atoms with van der Waals surface area (Å²) in [4.78, 5) is 4.24. The molecule has 0 bridgehead atoms. The van der Waals surface area contributed by atoms with Gasteiger partial charge in [0.25, 0.3) is 0 Å². The predicted molar refractivity (Wildman–Crippen MR) is 75.3 cm³/mol. The SMILES string of the molecule is Brc1cnc2ccc(-c3ccc4c(c3)CCO4)nn12. The van der Waals surface area contributed by atoms with Gasteiger partial charge in [-0.3, -0.25) is 0 Å². The van der Waals surface area contributed by atoms with Crippen molar-refractivity contribution < 1.29 is 4.74 Å². The molecule has 0 radical (unpaired) electrons. The third-order valence-corrected chi connectivity index (χ3v) is 3.85. The highest BCUT2D eigenvalue weighted by Crippen LogP contribution is 2.29. The first-order valence-electron chi connectivity index (χ1n) is 6.08.